The number of esters is 4. The first-order chi connectivity index (χ1) is 16.3. The predicted molar refractivity (Wildman–Crippen MR) is 121 cm³/mol. The van der Waals surface area contributed by atoms with Crippen LogP contribution in [-0.2, 0) is 42.9 Å². The smallest absolute Gasteiger partial charge is 0.303 e. The Morgan fingerprint density at radius 1 is 0.886 bits per heavy atom. The molecule has 1 aliphatic heterocycles. The number of pyridine rings is 1. The molecule has 0 aliphatic carbocycles. The Kier molecular flexibility index (Phi) is 9.12. The van der Waals surface area contributed by atoms with E-state index in [9.17, 15) is 24.4 Å². The number of carbonyl (C=O) groups is 4. The minimum atomic E-state index is -1.34. The van der Waals surface area contributed by atoms with Crippen LogP contribution in [0.2, 0.25) is 0 Å². The number of hydrogen-bond acceptors (Lipinski definition) is 11. The molecule has 11 nitrogen and oxygen atoms in total. The number of aromatic nitrogens is 1. The number of ether oxygens (including phenoxy) is 5. The normalized spacial score (nSPS) is 23.5. The van der Waals surface area contributed by atoms with E-state index in [4.69, 9.17) is 35.9 Å². The van der Waals surface area contributed by atoms with Gasteiger partial charge in [-0.2, -0.15) is 5.26 Å². The molecule has 0 bridgehead atoms. The molecule has 1 aromatic rings. The van der Waals surface area contributed by atoms with Crippen LogP contribution < -0.4 is 0 Å². The summed E-state index contributed by atoms with van der Waals surface area (Å²) in [5.41, 5.74) is 2.24. The third-order valence-corrected chi connectivity index (χ3v) is 6.01. The molecule has 1 fully saturated rings. The van der Waals surface area contributed by atoms with Crippen LogP contribution in [0.1, 0.15) is 56.3 Å². The summed E-state index contributed by atoms with van der Waals surface area (Å²) >= 11 is 5.59. The van der Waals surface area contributed by atoms with Crippen LogP contribution in [0, 0.1) is 36.7 Å². The van der Waals surface area contributed by atoms with Gasteiger partial charge in [0.1, 0.15) is 23.4 Å². The van der Waals surface area contributed by atoms with E-state index in [1.807, 2.05) is 0 Å². The van der Waals surface area contributed by atoms with Gasteiger partial charge in [0.2, 0.25) is 0 Å². The summed E-state index contributed by atoms with van der Waals surface area (Å²) < 4.78 is 29.3. The quantitative estimate of drug-likeness (QED) is 0.317. The van der Waals surface area contributed by atoms with Crippen LogP contribution in [0.15, 0.2) is 0 Å². The van der Waals surface area contributed by atoms with Crippen molar-refractivity contribution in [2.75, 3.05) is 6.61 Å². The van der Waals surface area contributed by atoms with Gasteiger partial charge in [-0.1, -0.05) is 12.2 Å². The fraction of sp³-hybridized carbons (Fsp3) is 0.565. The monoisotopic (exact) mass is 508 g/mol. The van der Waals surface area contributed by atoms with E-state index in [0.717, 1.165) is 26.3 Å². The molecule has 0 amide bonds. The highest BCUT2D eigenvalue weighted by Gasteiger charge is 2.53. The lowest BCUT2D eigenvalue weighted by Gasteiger charge is -2.45. The Morgan fingerprint density at radius 3 is 1.89 bits per heavy atom. The average Bonchev–Trinajstić information content (AvgIpc) is 2.74. The summed E-state index contributed by atoms with van der Waals surface area (Å²) in [7, 11) is 0. The van der Waals surface area contributed by atoms with Crippen molar-refractivity contribution in [2.45, 2.75) is 79.1 Å². The molecule has 0 radical (unpaired) electrons. The average molecular weight is 509 g/mol. The zero-order chi connectivity index (χ0) is 26.6. The van der Waals surface area contributed by atoms with E-state index in [1.165, 1.54) is 11.5 Å². The lowest BCUT2D eigenvalue weighted by atomic mass is 9.96. The Labute approximate surface area is 207 Å². The van der Waals surface area contributed by atoms with Crippen LogP contribution in [0.5, 0.6) is 0 Å². The molecule has 190 valence electrons. The van der Waals surface area contributed by atoms with E-state index in [-0.39, 0.29) is 16.8 Å². The summed E-state index contributed by atoms with van der Waals surface area (Å²) in [6.07, 6.45) is -6.29. The van der Waals surface area contributed by atoms with Crippen LogP contribution >= 0.6 is 12.2 Å². The van der Waals surface area contributed by atoms with Crippen molar-refractivity contribution in [3.8, 4) is 6.07 Å². The van der Waals surface area contributed by atoms with Crippen molar-refractivity contribution in [1.29, 1.82) is 5.26 Å². The van der Waals surface area contributed by atoms with Crippen LogP contribution in [0.3, 0.4) is 0 Å². The zero-order valence-electron chi connectivity index (χ0n) is 20.6. The fourth-order valence-corrected chi connectivity index (χ4v) is 4.36. The Balaban J connectivity index is 2.81. The first-order valence-electron chi connectivity index (χ1n) is 10.7. The van der Waals surface area contributed by atoms with Crippen molar-refractivity contribution in [2.24, 2.45) is 0 Å². The van der Waals surface area contributed by atoms with Gasteiger partial charge in [0.05, 0.1) is 5.56 Å². The van der Waals surface area contributed by atoms with Crippen molar-refractivity contribution in [3.63, 3.8) is 0 Å². The maximum atomic E-state index is 12.1. The van der Waals surface area contributed by atoms with Gasteiger partial charge in [0.15, 0.2) is 24.5 Å². The first kappa shape index (κ1) is 27.9. The maximum absolute atomic E-state index is 12.1. The fourth-order valence-electron chi connectivity index (χ4n) is 3.92. The minimum Gasteiger partial charge on any atom is -0.463 e. The molecular weight excluding hydrogens is 480 g/mol. The van der Waals surface area contributed by atoms with Gasteiger partial charge >= 0.3 is 23.9 Å². The van der Waals surface area contributed by atoms with Crippen LogP contribution in [0.25, 0.3) is 0 Å². The van der Waals surface area contributed by atoms with Crippen molar-refractivity contribution in [3.05, 3.63) is 27.0 Å². The second-order valence-electron chi connectivity index (χ2n) is 8.09. The van der Waals surface area contributed by atoms with Gasteiger partial charge in [0, 0.05) is 33.4 Å². The Bertz CT molecular complexity index is 1140. The van der Waals surface area contributed by atoms with Gasteiger partial charge in [0.25, 0.3) is 0 Å². The Morgan fingerprint density at radius 2 is 1.40 bits per heavy atom. The van der Waals surface area contributed by atoms with E-state index in [2.05, 4.69) is 6.07 Å². The number of hydrogen-bond donors (Lipinski definition) is 0. The standard InChI is InChI=1S/C23H28N2O9S/c1-10-11(2)17(8-24)23(35)25(12(10)3)22-21(33-16(7)29)20(32-15(6)28)19(31-14(5)27)18(34-22)9-30-13(4)26/h18-22H,9H2,1-7H3/t18-,19+,20+,21-,22+/m0/s1. The van der Waals surface area contributed by atoms with Crippen molar-refractivity contribution < 1.29 is 42.9 Å². The molecule has 1 saturated heterocycles. The molecule has 1 aliphatic rings. The molecular formula is C23H28N2O9S. The molecule has 1 aromatic heterocycles. The number of nitrogens with zero attached hydrogens (tertiary/aromatic N) is 2. The number of rotatable bonds is 6. The van der Waals surface area contributed by atoms with Crippen LogP contribution in [-0.4, -0.2) is 59.5 Å². The molecule has 0 unspecified atom stereocenters. The van der Waals surface area contributed by atoms with Gasteiger partial charge in [-0.05, 0) is 31.9 Å². The van der Waals surface area contributed by atoms with Gasteiger partial charge < -0.3 is 28.3 Å². The molecule has 0 saturated carbocycles. The number of nitriles is 1. The zero-order valence-corrected chi connectivity index (χ0v) is 21.4. The molecule has 2 heterocycles. The molecule has 35 heavy (non-hydrogen) atoms. The van der Waals surface area contributed by atoms with Gasteiger partial charge in [-0.15, -0.1) is 0 Å². The lowest BCUT2D eigenvalue weighted by Crippen LogP contribution is -2.60. The van der Waals surface area contributed by atoms with E-state index < -0.39 is 54.5 Å². The summed E-state index contributed by atoms with van der Waals surface area (Å²) in [5, 5.41) is 9.72. The van der Waals surface area contributed by atoms with Crippen molar-refractivity contribution >= 4 is 36.1 Å². The van der Waals surface area contributed by atoms with E-state index in [1.54, 1.807) is 20.8 Å². The highest BCUT2D eigenvalue weighted by Crippen LogP contribution is 2.37. The summed E-state index contributed by atoms with van der Waals surface area (Å²) in [6, 6.07) is 2.08. The third-order valence-electron chi connectivity index (χ3n) is 5.61. The topological polar surface area (TPSA) is 143 Å². The van der Waals surface area contributed by atoms with Crippen molar-refractivity contribution in [1.82, 2.24) is 4.57 Å². The summed E-state index contributed by atoms with van der Waals surface area (Å²) in [4.78, 5) is 47.5. The largest absolute Gasteiger partial charge is 0.463 e. The first-order valence-corrected chi connectivity index (χ1v) is 11.1. The van der Waals surface area contributed by atoms with Gasteiger partial charge in [-0.3, -0.25) is 19.2 Å². The van der Waals surface area contributed by atoms with Gasteiger partial charge in [-0.25, -0.2) is 0 Å². The Hall–Kier alpha value is -3.30. The molecule has 0 N–H and O–H groups in total. The highest BCUT2D eigenvalue weighted by molar-refractivity contribution is 7.71. The second kappa shape index (κ2) is 11.4. The lowest BCUT2D eigenvalue weighted by molar-refractivity contribution is -0.269. The molecule has 12 heteroatoms. The summed E-state index contributed by atoms with van der Waals surface area (Å²) in [5.74, 6) is -2.82. The molecule has 5 atom stereocenters. The second-order valence-corrected chi connectivity index (χ2v) is 8.47. The maximum Gasteiger partial charge on any atom is 0.303 e. The van der Waals surface area contributed by atoms with E-state index in [0.29, 0.717) is 11.3 Å². The molecule has 0 aromatic carbocycles. The third kappa shape index (κ3) is 6.23. The van der Waals surface area contributed by atoms with Crippen LogP contribution in [0.4, 0.5) is 0 Å². The molecule has 0 spiro atoms. The SMILES string of the molecule is CC(=O)OC[C@@H]1O[C@@H](n2c(C)c(C)c(C)c(C#N)c2=S)[C@@H](OC(C)=O)[C@H](OC(C)=O)[C@@H]1OC(C)=O. The van der Waals surface area contributed by atoms with E-state index >= 15 is 0 Å². The minimum absolute atomic E-state index is 0.106. The predicted octanol–water partition coefficient (Wildman–Crippen LogP) is 2.27. The summed E-state index contributed by atoms with van der Waals surface area (Å²) in [6.45, 7) is 9.56. The number of carbonyl (C=O) groups excluding carboxylic acids is 4. The highest BCUT2D eigenvalue weighted by atomic mass is 32.1. The molecule has 2 rings (SSSR count).